The Morgan fingerprint density at radius 1 is 1.28 bits per heavy atom. The number of nitrogens with zero attached hydrogens (tertiary/aromatic N) is 5. The van der Waals surface area contributed by atoms with Crippen LogP contribution < -0.4 is 5.32 Å². The second kappa shape index (κ2) is 9.10. The van der Waals surface area contributed by atoms with Crippen LogP contribution in [0.4, 0.5) is 0 Å². The molecular weight excluding hydrogens is 468 g/mol. The lowest BCUT2D eigenvalue weighted by molar-refractivity contribution is -0.137. The fourth-order valence-electron chi connectivity index (χ4n) is 5.10. The van der Waals surface area contributed by atoms with Gasteiger partial charge in [-0.15, -0.1) is 5.10 Å². The van der Waals surface area contributed by atoms with Gasteiger partial charge < -0.3 is 19.6 Å². The first kappa shape index (κ1) is 24.1. The van der Waals surface area contributed by atoms with Crippen LogP contribution in [0.15, 0.2) is 24.4 Å². The van der Waals surface area contributed by atoms with E-state index >= 15 is 0 Å². The number of carbonyl (C=O) groups is 4. The Morgan fingerprint density at radius 3 is 2.83 bits per heavy atom. The first-order valence-electron chi connectivity index (χ1n) is 11.9. The number of nitrogens with one attached hydrogen (secondary N) is 1. The van der Waals surface area contributed by atoms with Crippen molar-refractivity contribution in [2.75, 3.05) is 19.7 Å². The van der Waals surface area contributed by atoms with Gasteiger partial charge >= 0.3 is 0 Å². The molecule has 3 aliphatic heterocycles. The third-order valence-corrected chi connectivity index (χ3v) is 6.70. The van der Waals surface area contributed by atoms with Crippen LogP contribution in [-0.2, 0) is 20.9 Å². The molecule has 0 radical (unpaired) electrons. The van der Waals surface area contributed by atoms with Gasteiger partial charge in [0.25, 0.3) is 11.8 Å². The summed E-state index contributed by atoms with van der Waals surface area (Å²) in [5.41, 5.74) is 1.47. The minimum Gasteiger partial charge on any atom is -0.396 e. The first-order valence-corrected chi connectivity index (χ1v) is 11.9. The molecule has 4 heterocycles. The number of hydrogen-bond donors (Lipinski definition) is 2. The molecule has 0 aliphatic carbocycles. The van der Waals surface area contributed by atoms with Gasteiger partial charge in [0, 0.05) is 38.2 Å². The monoisotopic (exact) mass is 496 g/mol. The number of benzene rings is 1. The fourth-order valence-corrected chi connectivity index (χ4v) is 5.10. The van der Waals surface area contributed by atoms with Crippen LogP contribution in [0.2, 0.25) is 0 Å². The highest BCUT2D eigenvalue weighted by Gasteiger charge is 2.39. The zero-order chi connectivity index (χ0) is 25.6. The van der Waals surface area contributed by atoms with Crippen molar-refractivity contribution in [1.29, 1.82) is 0 Å². The number of carbonyl (C=O) groups excluding carboxylic acids is 4. The molecule has 2 N–H and O–H groups in total. The van der Waals surface area contributed by atoms with Gasteiger partial charge in [-0.25, -0.2) is 4.68 Å². The van der Waals surface area contributed by atoms with Gasteiger partial charge in [0.15, 0.2) is 5.69 Å². The van der Waals surface area contributed by atoms with E-state index in [2.05, 4.69) is 15.6 Å². The molecule has 12 nitrogen and oxygen atoms in total. The molecule has 3 aliphatic rings. The van der Waals surface area contributed by atoms with Crippen LogP contribution in [0, 0.1) is 0 Å². The minimum atomic E-state index is -0.686. The van der Waals surface area contributed by atoms with Gasteiger partial charge in [-0.3, -0.25) is 24.5 Å². The molecule has 0 saturated carbocycles. The Bertz CT molecular complexity index is 1240. The number of aliphatic hydroxyl groups is 1. The number of rotatable bonds is 5. The summed E-state index contributed by atoms with van der Waals surface area (Å²) >= 11 is 0. The third-order valence-electron chi connectivity index (χ3n) is 6.70. The lowest BCUT2D eigenvalue weighted by Gasteiger charge is -2.42. The lowest BCUT2D eigenvalue weighted by Crippen LogP contribution is -2.54. The van der Waals surface area contributed by atoms with E-state index in [9.17, 15) is 24.3 Å². The van der Waals surface area contributed by atoms with Gasteiger partial charge in [-0.1, -0.05) is 5.21 Å². The van der Waals surface area contributed by atoms with Crippen LogP contribution in [0.1, 0.15) is 59.5 Å². The number of aliphatic hydroxyl groups excluding tert-OH is 1. The molecule has 2 saturated heterocycles. The molecule has 1 aromatic heterocycles. The summed E-state index contributed by atoms with van der Waals surface area (Å²) in [4.78, 5) is 53.0. The number of imide groups is 1. The Labute approximate surface area is 207 Å². The second-order valence-electron chi connectivity index (χ2n) is 9.99. The van der Waals surface area contributed by atoms with Crippen molar-refractivity contribution in [3.63, 3.8) is 0 Å². The molecule has 4 amide bonds. The summed E-state index contributed by atoms with van der Waals surface area (Å²) in [6.45, 7) is 4.75. The van der Waals surface area contributed by atoms with Crippen molar-refractivity contribution in [2.45, 2.75) is 57.4 Å². The molecule has 2 aromatic rings. The quantitative estimate of drug-likeness (QED) is 0.551. The average molecular weight is 497 g/mol. The number of piperidine rings is 1. The van der Waals surface area contributed by atoms with Crippen molar-refractivity contribution in [3.05, 3.63) is 41.2 Å². The van der Waals surface area contributed by atoms with Crippen LogP contribution >= 0.6 is 0 Å². The van der Waals surface area contributed by atoms with E-state index in [4.69, 9.17) is 4.74 Å². The summed E-state index contributed by atoms with van der Waals surface area (Å²) in [7, 11) is 0. The van der Waals surface area contributed by atoms with Crippen molar-refractivity contribution < 1.29 is 29.0 Å². The normalized spacial score (nSPS) is 23.6. The SMILES string of the molecule is CC1(C)CN(C(=O)c2cn(-c3ccc4c(c3)CN(C3CCC(=O)NC3=O)C4=O)nn2)CC(CCO)O1. The second-order valence-corrected chi connectivity index (χ2v) is 9.99. The molecule has 36 heavy (non-hydrogen) atoms. The largest absolute Gasteiger partial charge is 0.396 e. The Hall–Kier alpha value is -3.64. The molecule has 2 atom stereocenters. The summed E-state index contributed by atoms with van der Waals surface area (Å²) in [6.07, 6.45) is 2.20. The fraction of sp³-hybridized carbons (Fsp3) is 0.500. The van der Waals surface area contributed by atoms with E-state index in [0.717, 1.165) is 5.56 Å². The predicted octanol–water partition coefficient (Wildman–Crippen LogP) is 0.0303. The predicted molar refractivity (Wildman–Crippen MR) is 124 cm³/mol. The standard InChI is InChI=1S/C24H28N6O6/c1-24(2)13-28(11-16(36-24)7-8-31)23(35)18-12-30(27-26-18)15-3-4-17-14(9-15)10-29(22(17)34)19-5-6-20(32)25-21(19)33/h3-4,9,12,16,19,31H,5-8,10-11,13H2,1-2H3,(H,25,32,33). The molecule has 190 valence electrons. The van der Waals surface area contributed by atoms with Gasteiger partial charge in [0.2, 0.25) is 11.8 Å². The van der Waals surface area contributed by atoms with Gasteiger partial charge in [0.05, 0.1) is 23.6 Å². The summed E-state index contributed by atoms with van der Waals surface area (Å²) < 4.78 is 7.43. The number of hydrogen-bond acceptors (Lipinski definition) is 8. The molecule has 0 spiro atoms. The highest BCUT2D eigenvalue weighted by molar-refractivity contribution is 6.05. The Balaban J connectivity index is 1.32. The molecule has 1 aromatic carbocycles. The highest BCUT2D eigenvalue weighted by atomic mass is 16.5. The molecule has 2 unspecified atom stereocenters. The lowest BCUT2D eigenvalue weighted by atomic mass is 10.0. The van der Waals surface area contributed by atoms with Crippen LogP contribution in [0.3, 0.4) is 0 Å². The van der Waals surface area contributed by atoms with Gasteiger partial charge in [0.1, 0.15) is 6.04 Å². The summed E-state index contributed by atoms with van der Waals surface area (Å²) in [5, 5.41) is 19.8. The molecular formula is C24H28N6O6. The van der Waals surface area contributed by atoms with Crippen LogP contribution in [0.5, 0.6) is 0 Å². The van der Waals surface area contributed by atoms with E-state index in [1.54, 1.807) is 29.3 Å². The van der Waals surface area contributed by atoms with Crippen LogP contribution in [-0.4, -0.2) is 91.0 Å². The van der Waals surface area contributed by atoms with Crippen molar-refractivity contribution >= 4 is 23.6 Å². The molecule has 2 fully saturated rings. The minimum absolute atomic E-state index is 0.0270. The number of morpholine rings is 1. The highest BCUT2D eigenvalue weighted by Crippen LogP contribution is 2.29. The van der Waals surface area contributed by atoms with E-state index < -0.39 is 17.6 Å². The zero-order valence-electron chi connectivity index (χ0n) is 20.1. The van der Waals surface area contributed by atoms with E-state index in [0.29, 0.717) is 37.2 Å². The molecule has 5 rings (SSSR count). The van der Waals surface area contributed by atoms with Crippen molar-refractivity contribution in [2.24, 2.45) is 0 Å². The average Bonchev–Trinajstić information content (AvgIpc) is 3.43. The molecule has 12 heteroatoms. The van der Waals surface area contributed by atoms with Crippen LogP contribution in [0.25, 0.3) is 5.69 Å². The van der Waals surface area contributed by atoms with Gasteiger partial charge in [-0.05, 0) is 50.5 Å². The number of fused-ring (bicyclic) bond motifs is 1. The number of aromatic nitrogens is 3. The summed E-state index contributed by atoms with van der Waals surface area (Å²) in [6, 6.07) is 4.49. The maximum absolute atomic E-state index is 13.2. The van der Waals surface area contributed by atoms with Crippen molar-refractivity contribution in [1.82, 2.24) is 30.1 Å². The summed E-state index contributed by atoms with van der Waals surface area (Å²) in [5.74, 6) is -1.32. The van der Waals surface area contributed by atoms with Gasteiger partial charge in [-0.2, -0.15) is 0 Å². The van der Waals surface area contributed by atoms with E-state index in [-0.39, 0.29) is 49.1 Å². The van der Waals surface area contributed by atoms with Crippen molar-refractivity contribution in [3.8, 4) is 5.69 Å². The maximum Gasteiger partial charge on any atom is 0.276 e. The Morgan fingerprint density at radius 2 is 2.08 bits per heavy atom. The topological polar surface area (TPSA) is 147 Å². The smallest absolute Gasteiger partial charge is 0.276 e. The number of ether oxygens (including phenoxy) is 1. The van der Waals surface area contributed by atoms with E-state index in [1.165, 1.54) is 9.58 Å². The first-order chi connectivity index (χ1) is 17.1. The van der Waals surface area contributed by atoms with E-state index in [1.807, 2.05) is 13.8 Å². The third kappa shape index (κ3) is 4.49. The zero-order valence-corrected chi connectivity index (χ0v) is 20.1. The molecule has 0 bridgehead atoms. The maximum atomic E-state index is 13.2. The number of amides is 4. The Kier molecular flexibility index (Phi) is 6.08.